The number of hydrogen-bond donors (Lipinski definition) is 1. The third-order valence-corrected chi connectivity index (χ3v) is 4.17. The van der Waals surface area contributed by atoms with Gasteiger partial charge in [0, 0.05) is 6.54 Å². The van der Waals surface area contributed by atoms with Crippen molar-refractivity contribution in [2.24, 2.45) is 0 Å². The Morgan fingerprint density at radius 1 is 1.04 bits per heavy atom. The second-order valence-electron chi connectivity index (χ2n) is 5.95. The minimum absolute atomic E-state index is 0. The number of esters is 1. The van der Waals surface area contributed by atoms with E-state index in [0.717, 1.165) is 26.1 Å². The first-order chi connectivity index (χ1) is 13.0. The van der Waals surface area contributed by atoms with Gasteiger partial charge in [-0.25, -0.2) is 9.59 Å². The number of carboxylic acids is 1. The maximum Gasteiger partial charge on any atom is 0.343 e. The third kappa shape index (κ3) is 6.87. The maximum atomic E-state index is 12.1. The van der Waals surface area contributed by atoms with Gasteiger partial charge in [-0.2, -0.15) is 0 Å². The molecule has 0 bridgehead atoms. The number of aromatic carboxylic acids is 1. The quantitative estimate of drug-likeness (QED) is 0.362. The summed E-state index contributed by atoms with van der Waals surface area (Å²) in [5.74, 6) is -1.25. The van der Waals surface area contributed by atoms with Crippen molar-refractivity contribution in [2.45, 2.75) is 20.3 Å². The van der Waals surface area contributed by atoms with Crippen LogP contribution in [0.15, 0.2) is 48.5 Å². The lowest BCUT2D eigenvalue weighted by molar-refractivity contribution is 0.0682. The normalized spacial score (nSPS) is 10.2. The zero-order valence-electron chi connectivity index (χ0n) is 16.1. The van der Waals surface area contributed by atoms with Crippen LogP contribution in [-0.2, 0) is 0 Å². The lowest BCUT2D eigenvalue weighted by atomic mass is 10.2. The Bertz CT molecular complexity index is 763. The van der Waals surface area contributed by atoms with Gasteiger partial charge in [0.1, 0.15) is 17.1 Å². The summed E-state index contributed by atoms with van der Waals surface area (Å²) in [4.78, 5) is 25.9. The van der Waals surface area contributed by atoms with Gasteiger partial charge in [0.15, 0.2) is 0 Å². The second-order valence-corrected chi connectivity index (χ2v) is 5.95. The minimum Gasteiger partial charge on any atom is -0.493 e. The van der Waals surface area contributed by atoms with Gasteiger partial charge in [0.05, 0.1) is 12.2 Å². The number of rotatable bonds is 10. The van der Waals surface area contributed by atoms with Crippen LogP contribution in [0, 0.1) is 0 Å². The molecule has 0 fully saturated rings. The Kier molecular flexibility index (Phi) is 10.1. The SMILES string of the molecule is CCN(CC)CCCOc1ccc(OC(=O)c2ccccc2)cc1C(=O)O.Cl. The maximum absolute atomic E-state index is 12.1. The molecule has 0 aromatic heterocycles. The van der Waals surface area contributed by atoms with Crippen molar-refractivity contribution in [3.63, 3.8) is 0 Å². The summed E-state index contributed by atoms with van der Waals surface area (Å²) in [5, 5.41) is 9.43. The van der Waals surface area contributed by atoms with E-state index in [2.05, 4.69) is 18.7 Å². The van der Waals surface area contributed by atoms with E-state index in [1.165, 1.54) is 18.2 Å². The molecule has 0 radical (unpaired) electrons. The van der Waals surface area contributed by atoms with Crippen LogP contribution in [0.5, 0.6) is 11.5 Å². The van der Waals surface area contributed by atoms with Gasteiger partial charge in [-0.15, -0.1) is 12.4 Å². The number of benzene rings is 2. The van der Waals surface area contributed by atoms with Crippen LogP contribution in [0.4, 0.5) is 0 Å². The summed E-state index contributed by atoms with van der Waals surface area (Å²) in [5.41, 5.74) is 0.363. The van der Waals surface area contributed by atoms with Gasteiger partial charge < -0.3 is 19.5 Å². The molecule has 0 spiro atoms. The molecule has 1 N–H and O–H groups in total. The Morgan fingerprint density at radius 2 is 1.71 bits per heavy atom. The number of nitrogens with zero attached hydrogens (tertiary/aromatic N) is 1. The van der Waals surface area contributed by atoms with Crippen LogP contribution in [0.25, 0.3) is 0 Å². The van der Waals surface area contributed by atoms with E-state index in [1.54, 1.807) is 30.3 Å². The van der Waals surface area contributed by atoms with Crippen molar-refractivity contribution in [1.82, 2.24) is 4.90 Å². The Morgan fingerprint density at radius 3 is 2.32 bits per heavy atom. The minimum atomic E-state index is -1.13. The predicted molar refractivity (Wildman–Crippen MR) is 110 cm³/mol. The molecule has 0 atom stereocenters. The number of ether oxygens (including phenoxy) is 2. The average Bonchev–Trinajstić information content (AvgIpc) is 2.69. The molecule has 0 heterocycles. The molecule has 0 saturated heterocycles. The standard InChI is InChI=1S/C21H25NO5.ClH/c1-3-22(4-2)13-8-14-26-19-12-11-17(15-18(19)20(23)24)27-21(25)16-9-6-5-7-10-16;/h5-7,9-12,15H,3-4,8,13-14H2,1-2H3,(H,23,24);1H. The molecular formula is C21H26ClNO5. The zero-order valence-corrected chi connectivity index (χ0v) is 16.9. The van der Waals surface area contributed by atoms with E-state index in [-0.39, 0.29) is 29.5 Å². The van der Waals surface area contributed by atoms with Gasteiger partial charge >= 0.3 is 11.9 Å². The molecule has 0 aliphatic heterocycles. The number of halogens is 1. The molecule has 0 aliphatic carbocycles. The van der Waals surface area contributed by atoms with Gasteiger partial charge in [0.25, 0.3) is 0 Å². The highest BCUT2D eigenvalue weighted by molar-refractivity contribution is 5.93. The smallest absolute Gasteiger partial charge is 0.343 e. The van der Waals surface area contributed by atoms with Crippen LogP contribution in [0.1, 0.15) is 41.0 Å². The lowest BCUT2D eigenvalue weighted by Crippen LogP contribution is -2.25. The van der Waals surface area contributed by atoms with E-state index >= 15 is 0 Å². The van der Waals surface area contributed by atoms with Gasteiger partial charge in [-0.3, -0.25) is 0 Å². The van der Waals surface area contributed by atoms with Gasteiger partial charge in [-0.1, -0.05) is 32.0 Å². The molecule has 0 unspecified atom stereocenters. The molecule has 0 aliphatic rings. The van der Waals surface area contributed by atoms with Crippen LogP contribution >= 0.6 is 12.4 Å². The first-order valence-electron chi connectivity index (χ1n) is 9.04. The van der Waals surface area contributed by atoms with E-state index in [1.807, 2.05) is 0 Å². The molecule has 2 aromatic carbocycles. The fourth-order valence-electron chi connectivity index (χ4n) is 2.62. The average molecular weight is 408 g/mol. The summed E-state index contributed by atoms with van der Waals surface area (Å²) >= 11 is 0. The van der Waals surface area contributed by atoms with Crippen LogP contribution in [0.3, 0.4) is 0 Å². The summed E-state index contributed by atoms with van der Waals surface area (Å²) in [6.07, 6.45) is 0.797. The highest BCUT2D eigenvalue weighted by Crippen LogP contribution is 2.25. The monoisotopic (exact) mass is 407 g/mol. The second kappa shape index (κ2) is 12.0. The molecule has 0 amide bonds. The van der Waals surface area contributed by atoms with Crippen molar-refractivity contribution >= 4 is 24.3 Å². The fraction of sp³-hybridized carbons (Fsp3) is 0.333. The molecule has 28 heavy (non-hydrogen) atoms. The van der Waals surface area contributed by atoms with Crippen LogP contribution in [0.2, 0.25) is 0 Å². The van der Waals surface area contributed by atoms with Crippen LogP contribution in [-0.4, -0.2) is 48.2 Å². The lowest BCUT2D eigenvalue weighted by Gasteiger charge is -2.18. The molecule has 7 heteroatoms. The third-order valence-electron chi connectivity index (χ3n) is 4.17. The topological polar surface area (TPSA) is 76.1 Å². The highest BCUT2D eigenvalue weighted by Gasteiger charge is 2.15. The van der Waals surface area contributed by atoms with E-state index in [0.29, 0.717) is 12.2 Å². The van der Waals surface area contributed by atoms with Crippen molar-refractivity contribution in [3.8, 4) is 11.5 Å². The Hall–Kier alpha value is -2.57. The van der Waals surface area contributed by atoms with Gasteiger partial charge in [0.2, 0.25) is 0 Å². The van der Waals surface area contributed by atoms with Crippen molar-refractivity contribution < 1.29 is 24.2 Å². The molecule has 0 saturated carbocycles. The summed E-state index contributed by atoms with van der Waals surface area (Å²) < 4.78 is 10.9. The number of carboxylic acid groups (broad SMARTS) is 1. The Balaban J connectivity index is 0.00000392. The van der Waals surface area contributed by atoms with E-state index < -0.39 is 11.9 Å². The van der Waals surface area contributed by atoms with E-state index in [9.17, 15) is 14.7 Å². The summed E-state index contributed by atoms with van der Waals surface area (Å²) in [6.45, 7) is 7.45. The van der Waals surface area contributed by atoms with Crippen molar-refractivity contribution in [1.29, 1.82) is 0 Å². The number of carbonyl (C=O) groups excluding carboxylic acids is 1. The zero-order chi connectivity index (χ0) is 19.6. The summed E-state index contributed by atoms with van der Waals surface area (Å²) in [7, 11) is 0. The number of hydrogen-bond acceptors (Lipinski definition) is 5. The fourth-order valence-corrected chi connectivity index (χ4v) is 2.62. The molecule has 2 rings (SSSR count). The first kappa shape index (κ1) is 23.5. The largest absolute Gasteiger partial charge is 0.493 e. The summed E-state index contributed by atoms with van der Waals surface area (Å²) in [6, 6.07) is 12.9. The van der Waals surface area contributed by atoms with E-state index in [4.69, 9.17) is 9.47 Å². The Labute approximate surface area is 171 Å². The van der Waals surface area contributed by atoms with Crippen molar-refractivity contribution in [2.75, 3.05) is 26.2 Å². The number of carbonyl (C=O) groups is 2. The van der Waals surface area contributed by atoms with Crippen LogP contribution < -0.4 is 9.47 Å². The highest BCUT2D eigenvalue weighted by atomic mass is 35.5. The molecule has 2 aromatic rings. The van der Waals surface area contributed by atoms with Crippen molar-refractivity contribution in [3.05, 3.63) is 59.7 Å². The molecule has 152 valence electrons. The van der Waals surface area contributed by atoms with Gasteiger partial charge in [-0.05, 0) is 49.8 Å². The molecule has 6 nitrogen and oxygen atoms in total. The molecular weight excluding hydrogens is 382 g/mol. The first-order valence-corrected chi connectivity index (χ1v) is 9.04. The predicted octanol–water partition coefficient (Wildman–Crippen LogP) is 4.14.